The van der Waals surface area contributed by atoms with Crippen LogP contribution in [0.15, 0.2) is 10.2 Å². The number of nitrogens with zero attached hydrogens (tertiary/aromatic N) is 1. The SMILES string of the molecule is CCC1(CC)CN(Cc2csc(=O)[nH]2)CCCN1. The van der Waals surface area contributed by atoms with Crippen LogP contribution < -0.4 is 10.2 Å². The molecule has 102 valence electrons. The van der Waals surface area contributed by atoms with Gasteiger partial charge in [-0.2, -0.15) is 0 Å². The second-order valence-electron chi connectivity index (χ2n) is 5.15. The topological polar surface area (TPSA) is 48.1 Å². The third-order valence-electron chi connectivity index (χ3n) is 4.00. The van der Waals surface area contributed by atoms with Gasteiger partial charge in [0.15, 0.2) is 0 Å². The summed E-state index contributed by atoms with van der Waals surface area (Å²) in [5, 5.41) is 5.65. The molecule has 2 heterocycles. The number of H-pyrrole nitrogens is 1. The fourth-order valence-corrected chi connectivity index (χ4v) is 3.28. The van der Waals surface area contributed by atoms with Crippen LogP contribution in [-0.4, -0.2) is 35.1 Å². The first-order valence-corrected chi connectivity index (χ1v) is 7.69. The van der Waals surface area contributed by atoms with Gasteiger partial charge in [-0.25, -0.2) is 0 Å². The van der Waals surface area contributed by atoms with Crippen LogP contribution in [0.4, 0.5) is 0 Å². The molecule has 1 aliphatic rings. The smallest absolute Gasteiger partial charge is 0.304 e. The summed E-state index contributed by atoms with van der Waals surface area (Å²) in [7, 11) is 0. The van der Waals surface area contributed by atoms with Crippen LogP contribution in [0.25, 0.3) is 0 Å². The van der Waals surface area contributed by atoms with Gasteiger partial charge in [0.2, 0.25) is 0 Å². The molecule has 0 unspecified atom stereocenters. The predicted octanol–water partition coefficient (Wildman–Crippen LogP) is 1.79. The number of rotatable bonds is 4. The van der Waals surface area contributed by atoms with Gasteiger partial charge < -0.3 is 10.3 Å². The van der Waals surface area contributed by atoms with Crippen molar-refractivity contribution >= 4 is 11.3 Å². The van der Waals surface area contributed by atoms with E-state index in [1.165, 1.54) is 17.8 Å². The molecule has 0 bridgehead atoms. The molecule has 1 aliphatic heterocycles. The molecule has 0 radical (unpaired) electrons. The van der Waals surface area contributed by atoms with Crippen LogP contribution in [0.2, 0.25) is 0 Å². The number of hydrogen-bond donors (Lipinski definition) is 2. The number of hydrogen-bond acceptors (Lipinski definition) is 4. The summed E-state index contributed by atoms with van der Waals surface area (Å²) in [4.78, 5) is 16.6. The van der Waals surface area contributed by atoms with Gasteiger partial charge in [-0.15, -0.1) is 0 Å². The number of aromatic amines is 1. The van der Waals surface area contributed by atoms with E-state index < -0.39 is 0 Å². The first-order chi connectivity index (χ1) is 8.67. The van der Waals surface area contributed by atoms with E-state index in [0.717, 1.165) is 44.7 Å². The molecular formula is C13H23N3OS. The lowest BCUT2D eigenvalue weighted by Crippen LogP contribution is -2.50. The van der Waals surface area contributed by atoms with Crippen molar-refractivity contribution < 1.29 is 0 Å². The highest BCUT2D eigenvalue weighted by Gasteiger charge is 2.30. The summed E-state index contributed by atoms with van der Waals surface area (Å²) < 4.78 is 0. The van der Waals surface area contributed by atoms with Crippen LogP contribution in [0.1, 0.15) is 38.8 Å². The fraction of sp³-hybridized carbons (Fsp3) is 0.769. The van der Waals surface area contributed by atoms with Crippen LogP contribution >= 0.6 is 11.3 Å². The maximum absolute atomic E-state index is 11.2. The molecule has 4 nitrogen and oxygen atoms in total. The average molecular weight is 269 g/mol. The first-order valence-electron chi connectivity index (χ1n) is 6.81. The third kappa shape index (κ3) is 3.22. The fourth-order valence-electron chi connectivity index (χ4n) is 2.71. The second kappa shape index (κ2) is 5.99. The molecule has 5 heteroatoms. The number of thiazole rings is 1. The molecule has 2 rings (SSSR count). The molecular weight excluding hydrogens is 246 g/mol. The molecule has 18 heavy (non-hydrogen) atoms. The van der Waals surface area contributed by atoms with Crippen LogP contribution in [0, 0.1) is 0 Å². The Morgan fingerprint density at radius 2 is 2.22 bits per heavy atom. The lowest BCUT2D eigenvalue weighted by Gasteiger charge is -2.35. The normalized spacial score (nSPS) is 20.8. The minimum atomic E-state index is 0.0511. The van der Waals surface area contributed by atoms with Gasteiger partial charge in [-0.1, -0.05) is 25.2 Å². The van der Waals surface area contributed by atoms with Crippen molar-refractivity contribution in [3.8, 4) is 0 Å². The van der Waals surface area contributed by atoms with Crippen LogP contribution in [-0.2, 0) is 6.54 Å². The van der Waals surface area contributed by atoms with Crippen molar-refractivity contribution in [2.75, 3.05) is 19.6 Å². The summed E-state index contributed by atoms with van der Waals surface area (Å²) in [5.41, 5.74) is 1.29. The third-order valence-corrected chi connectivity index (χ3v) is 4.71. The Kier molecular flexibility index (Phi) is 4.59. The molecule has 0 aliphatic carbocycles. The molecule has 0 saturated carbocycles. The second-order valence-corrected chi connectivity index (χ2v) is 5.99. The van der Waals surface area contributed by atoms with Crippen molar-refractivity contribution in [3.05, 3.63) is 20.7 Å². The van der Waals surface area contributed by atoms with E-state index in [1.807, 2.05) is 5.38 Å². The van der Waals surface area contributed by atoms with E-state index in [0.29, 0.717) is 0 Å². The predicted molar refractivity (Wildman–Crippen MR) is 76.1 cm³/mol. The highest BCUT2D eigenvalue weighted by atomic mass is 32.1. The van der Waals surface area contributed by atoms with Gasteiger partial charge in [0.25, 0.3) is 0 Å². The highest BCUT2D eigenvalue weighted by Crippen LogP contribution is 2.20. The van der Waals surface area contributed by atoms with Crippen molar-refractivity contribution in [2.24, 2.45) is 0 Å². The Bertz CT molecular complexity index is 422. The Morgan fingerprint density at radius 1 is 1.44 bits per heavy atom. The quantitative estimate of drug-likeness (QED) is 0.876. The van der Waals surface area contributed by atoms with Crippen molar-refractivity contribution in [1.82, 2.24) is 15.2 Å². The first kappa shape index (κ1) is 13.8. The van der Waals surface area contributed by atoms with E-state index in [1.54, 1.807) is 0 Å². The van der Waals surface area contributed by atoms with Crippen LogP contribution in [0.5, 0.6) is 0 Å². The summed E-state index contributed by atoms with van der Waals surface area (Å²) in [5.74, 6) is 0. The highest BCUT2D eigenvalue weighted by molar-refractivity contribution is 7.07. The Balaban J connectivity index is 2.05. The van der Waals surface area contributed by atoms with Crippen molar-refractivity contribution in [2.45, 2.75) is 45.2 Å². The van der Waals surface area contributed by atoms with E-state index in [2.05, 4.69) is 29.0 Å². The Labute approximate surface area is 112 Å². The van der Waals surface area contributed by atoms with Gasteiger partial charge >= 0.3 is 4.87 Å². The zero-order chi connectivity index (χ0) is 13.0. The molecule has 0 amide bonds. The van der Waals surface area contributed by atoms with Crippen LogP contribution in [0.3, 0.4) is 0 Å². The van der Waals surface area contributed by atoms with E-state index in [4.69, 9.17) is 0 Å². The lowest BCUT2D eigenvalue weighted by atomic mass is 9.92. The summed E-state index contributed by atoms with van der Waals surface area (Å²) in [6, 6.07) is 0. The van der Waals surface area contributed by atoms with Crippen molar-refractivity contribution in [1.29, 1.82) is 0 Å². The van der Waals surface area contributed by atoms with Gasteiger partial charge in [0.05, 0.1) is 0 Å². The van der Waals surface area contributed by atoms with Gasteiger partial charge in [-0.05, 0) is 32.4 Å². The monoisotopic (exact) mass is 269 g/mol. The molecule has 0 aromatic carbocycles. The van der Waals surface area contributed by atoms with Gasteiger partial charge in [0.1, 0.15) is 0 Å². The summed E-state index contributed by atoms with van der Waals surface area (Å²) in [6.07, 6.45) is 3.48. The molecule has 1 fully saturated rings. The van der Waals surface area contributed by atoms with Gasteiger partial charge in [0, 0.05) is 29.7 Å². The Hall–Kier alpha value is -0.650. The molecule has 0 spiro atoms. The molecule has 1 aromatic heterocycles. The van der Waals surface area contributed by atoms with E-state index in [9.17, 15) is 4.79 Å². The molecule has 1 aromatic rings. The minimum Gasteiger partial charge on any atom is -0.315 e. The average Bonchev–Trinajstić information content (AvgIpc) is 2.66. The zero-order valence-corrected chi connectivity index (χ0v) is 12.1. The summed E-state index contributed by atoms with van der Waals surface area (Å²) in [6.45, 7) is 8.64. The van der Waals surface area contributed by atoms with Crippen molar-refractivity contribution in [3.63, 3.8) is 0 Å². The van der Waals surface area contributed by atoms with E-state index in [-0.39, 0.29) is 10.4 Å². The van der Waals surface area contributed by atoms with E-state index >= 15 is 0 Å². The minimum absolute atomic E-state index is 0.0511. The maximum Gasteiger partial charge on any atom is 0.304 e. The summed E-state index contributed by atoms with van der Waals surface area (Å²) >= 11 is 1.26. The maximum atomic E-state index is 11.2. The molecule has 1 saturated heterocycles. The largest absolute Gasteiger partial charge is 0.315 e. The zero-order valence-electron chi connectivity index (χ0n) is 11.3. The number of nitrogens with one attached hydrogen (secondary N) is 2. The Morgan fingerprint density at radius 3 is 2.83 bits per heavy atom. The molecule has 0 atom stereocenters. The molecule has 2 N–H and O–H groups in total. The lowest BCUT2D eigenvalue weighted by molar-refractivity contribution is 0.189. The number of aromatic nitrogens is 1. The standard InChI is InChI=1S/C13H23N3OS/c1-3-13(4-2)10-16(7-5-6-14-13)8-11-9-18-12(17)15-11/h9,14H,3-8,10H2,1-2H3,(H,15,17). The van der Waals surface area contributed by atoms with Gasteiger partial charge in [-0.3, -0.25) is 9.69 Å².